The summed E-state index contributed by atoms with van der Waals surface area (Å²) in [4.78, 5) is 4.12. The summed E-state index contributed by atoms with van der Waals surface area (Å²) in [6, 6.07) is 12.7. The summed E-state index contributed by atoms with van der Waals surface area (Å²) in [5.41, 5.74) is 7.90. The van der Waals surface area contributed by atoms with Gasteiger partial charge in [0, 0.05) is 24.0 Å². The van der Waals surface area contributed by atoms with E-state index in [9.17, 15) is 8.42 Å². The molecule has 0 fully saturated rings. The van der Waals surface area contributed by atoms with Crippen molar-refractivity contribution >= 4 is 15.7 Å². The fourth-order valence-corrected chi connectivity index (χ4v) is 3.00. The molecule has 21 heavy (non-hydrogen) atoms. The third-order valence-corrected chi connectivity index (χ3v) is 4.30. The molecule has 5 nitrogen and oxygen atoms in total. The van der Waals surface area contributed by atoms with Gasteiger partial charge in [0.1, 0.15) is 0 Å². The number of rotatable bonds is 7. The van der Waals surface area contributed by atoms with Crippen LogP contribution in [0.25, 0.3) is 0 Å². The van der Waals surface area contributed by atoms with Crippen LogP contribution in [0.5, 0.6) is 0 Å². The number of sulfonamides is 1. The van der Waals surface area contributed by atoms with Crippen LogP contribution in [-0.4, -0.2) is 25.7 Å². The molecule has 0 amide bonds. The number of nitrogens with one attached hydrogen (secondary N) is 1. The normalized spacial score (nSPS) is 11.3. The lowest BCUT2D eigenvalue weighted by atomic mass is 10.1. The maximum Gasteiger partial charge on any atom is 0.233 e. The average molecular weight is 305 g/mol. The Kier molecular flexibility index (Phi) is 5.30. The number of hydrogen-bond acceptors (Lipinski definition) is 4. The number of nitrogens with two attached hydrogens (primary N) is 1. The zero-order chi connectivity index (χ0) is 15.1. The van der Waals surface area contributed by atoms with Gasteiger partial charge in [-0.05, 0) is 42.8 Å². The molecule has 0 aliphatic carbocycles. The van der Waals surface area contributed by atoms with Gasteiger partial charge >= 0.3 is 0 Å². The summed E-state index contributed by atoms with van der Waals surface area (Å²) in [6.07, 6.45) is 2.83. The molecule has 0 spiro atoms. The predicted octanol–water partition coefficient (Wildman–Crippen LogP) is 1.57. The number of aryl methyl sites for hydroxylation is 1. The largest absolute Gasteiger partial charge is 0.330 e. The Bertz CT molecular complexity index is 655. The van der Waals surface area contributed by atoms with Gasteiger partial charge in [-0.15, -0.1) is 0 Å². The number of pyridine rings is 1. The zero-order valence-corrected chi connectivity index (χ0v) is 12.5. The highest BCUT2D eigenvalue weighted by molar-refractivity contribution is 7.92. The molecule has 0 aliphatic heterocycles. The first kappa shape index (κ1) is 15.5. The SMILES string of the molecule is NCCc1ccc(NS(=O)(=O)CCc2ccccn2)cc1. The predicted molar refractivity (Wildman–Crippen MR) is 84.6 cm³/mol. The minimum absolute atomic E-state index is 0.00850. The molecular formula is C15H19N3O2S. The van der Waals surface area contributed by atoms with E-state index < -0.39 is 10.0 Å². The van der Waals surface area contributed by atoms with Crippen LogP contribution in [0, 0.1) is 0 Å². The van der Waals surface area contributed by atoms with Crippen molar-refractivity contribution in [3.63, 3.8) is 0 Å². The van der Waals surface area contributed by atoms with Crippen molar-refractivity contribution in [3.05, 3.63) is 59.9 Å². The van der Waals surface area contributed by atoms with Crippen molar-refractivity contribution in [3.8, 4) is 0 Å². The van der Waals surface area contributed by atoms with Gasteiger partial charge < -0.3 is 5.73 Å². The third kappa shape index (κ3) is 5.17. The van der Waals surface area contributed by atoms with Crippen LogP contribution >= 0.6 is 0 Å². The monoisotopic (exact) mass is 305 g/mol. The highest BCUT2D eigenvalue weighted by atomic mass is 32.2. The summed E-state index contributed by atoms with van der Waals surface area (Å²) in [7, 11) is -3.37. The van der Waals surface area contributed by atoms with Gasteiger partial charge in [-0.2, -0.15) is 0 Å². The number of hydrogen-bond donors (Lipinski definition) is 2. The second kappa shape index (κ2) is 7.19. The van der Waals surface area contributed by atoms with E-state index >= 15 is 0 Å². The first-order valence-corrected chi connectivity index (χ1v) is 8.44. The van der Waals surface area contributed by atoms with E-state index in [0.717, 1.165) is 17.7 Å². The first-order chi connectivity index (χ1) is 10.1. The molecule has 0 atom stereocenters. The molecule has 2 rings (SSSR count). The Morgan fingerprint density at radius 3 is 2.43 bits per heavy atom. The summed E-state index contributed by atoms with van der Waals surface area (Å²) in [5, 5.41) is 0. The summed E-state index contributed by atoms with van der Waals surface area (Å²) in [5.74, 6) is 0.00850. The number of nitrogens with zero attached hydrogens (tertiary/aromatic N) is 1. The van der Waals surface area contributed by atoms with Crippen molar-refractivity contribution in [2.45, 2.75) is 12.8 Å². The van der Waals surface area contributed by atoms with Gasteiger partial charge in [0.05, 0.1) is 5.75 Å². The Labute approximate surface area is 125 Å². The van der Waals surface area contributed by atoms with E-state index in [2.05, 4.69) is 9.71 Å². The lowest BCUT2D eigenvalue weighted by molar-refractivity contribution is 0.600. The number of anilines is 1. The highest BCUT2D eigenvalue weighted by Crippen LogP contribution is 2.12. The zero-order valence-electron chi connectivity index (χ0n) is 11.7. The van der Waals surface area contributed by atoms with E-state index in [-0.39, 0.29) is 5.75 Å². The number of benzene rings is 1. The van der Waals surface area contributed by atoms with Crippen LogP contribution in [0.1, 0.15) is 11.3 Å². The maximum absolute atomic E-state index is 12.0. The third-order valence-electron chi connectivity index (χ3n) is 3.01. The first-order valence-electron chi connectivity index (χ1n) is 6.78. The van der Waals surface area contributed by atoms with Crippen molar-refractivity contribution in [1.29, 1.82) is 0 Å². The Morgan fingerprint density at radius 2 is 1.81 bits per heavy atom. The van der Waals surface area contributed by atoms with Gasteiger partial charge in [-0.25, -0.2) is 8.42 Å². The molecule has 0 radical (unpaired) electrons. The molecule has 0 aliphatic rings. The fraction of sp³-hybridized carbons (Fsp3) is 0.267. The standard InChI is InChI=1S/C15H19N3O2S/c16-10-8-13-4-6-15(7-5-13)18-21(19,20)12-9-14-3-1-2-11-17-14/h1-7,11,18H,8-10,12,16H2. The van der Waals surface area contributed by atoms with Crippen LogP contribution in [0.4, 0.5) is 5.69 Å². The summed E-state index contributed by atoms with van der Waals surface area (Å²) >= 11 is 0. The topological polar surface area (TPSA) is 85.1 Å². The van der Waals surface area contributed by atoms with E-state index in [0.29, 0.717) is 18.7 Å². The van der Waals surface area contributed by atoms with E-state index in [1.165, 1.54) is 0 Å². The highest BCUT2D eigenvalue weighted by Gasteiger charge is 2.11. The van der Waals surface area contributed by atoms with Crippen LogP contribution in [0.2, 0.25) is 0 Å². The molecule has 6 heteroatoms. The summed E-state index contributed by atoms with van der Waals surface area (Å²) < 4.78 is 26.6. The molecule has 3 N–H and O–H groups in total. The molecular weight excluding hydrogens is 286 g/mol. The smallest absolute Gasteiger partial charge is 0.233 e. The molecule has 1 aromatic heterocycles. The minimum atomic E-state index is -3.37. The quantitative estimate of drug-likeness (QED) is 0.813. The van der Waals surface area contributed by atoms with Crippen molar-refractivity contribution < 1.29 is 8.42 Å². The molecule has 0 saturated carbocycles. The van der Waals surface area contributed by atoms with E-state index in [1.54, 1.807) is 24.4 Å². The second-order valence-electron chi connectivity index (χ2n) is 4.73. The van der Waals surface area contributed by atoms with Gasteiger partial charge in [-0.3, -0.25) is 9.71 Å². The molecule has 0 unspecified atom stereocenters. The Hall–Kier alpha value is -1.92. The van der Waals surface area contributed by atoms with Gasteiger partial charge in [0.25, 0.3) is 0 Å². The second-order valence-corrected chi connectivity index (χ2v) is 6.57. The van der Waals surface area contributed by atoms with Gasteiger partial charge in [-0.1, -0.05) is 18.2 Å². The molecule has 0 saturated heterocycles. The summed E-state index contributed by atoms with van der Waals surface area (Å²) in [6.45, 7) is 0.579. The fourth-order valence-electron chi connectivity index (χ4n) is 1.92. The average Bonchev–Trinajstić information content (AvgIpc) is 2.48. The maximum atomic E-state index is 12.0. The lowest BCUT2D eigenvalue weighted by Gasteiger charge is -2.08. The number of aromatic nitrogens is 1. The van der Waals surface area contributed by atoms with Crippen LogP contribution in [-0.2, 0) is 22.9 Å². The van der Waals surface area contributed by atoms with Crippen molar-refractivity contribution in [1.82, 2.24) is 4.98 Å². The van der Waals surface area contributed by atoms with E-state index in [4.69, 9.17) is 5.73 Å². The minimum Gasteiger partial charge on any atom is -0.330 e. The Morgan fingerprint density at radius 1 is 1.05 bits per heavy atom. The van der Waals surface area contributed by atoms with Crippen molar-refractivity contribution in [2.75, 3.05) is 17.0 Å². The molecule has 1 heterocycles. The Balaban J connectivity index is 1.94. The van der Waals surface area contributed by atoms with Crippen LogP contribution < -0.4 is 10.5 Å². The molecule has 1 aromatic carbocycles. The van der Waals surface area contributed by atoms with Gasteiger partial charge in [0.15, 0.2) is 0 Å². The van der Waals surface area contributed by atoms with Crippen molar-refractivity contribution in [2.24, 2.45) is 5.73 Å². The molecule has 112 valence electrons. The lowest BCUT2D eigenvalue weighted by Crippen LogP contribution is -2.18. The van der Waals surface area contributed by atoms with Crippen LogP contribution in [0.3, 0.4) is 0 Å². The molecule has 2 aromatic rings. The van der Waals surface area contributed by atoms with Crippen LogP contribution in [0.15, 0.2) is 48.7 Å². The van der Waals surface area contributed by atoms with Gasteiger partial charge in [0.2, 0.25) is 10.0 Å². The molecule has 0 bridgehead atoms. The van der Waals surface area contributed by atoms with E-state index in [1.807, 2.05) is 24.3 Å².